The average Bonchev–Trinajstić information content (AvgIpc) is 2.99. The molecule has 1 nitrogen and oxygen atoms in total. The third-order valence-electron chi connectivity index (χ3n) is 7.53. The summed E-state index contributed by atoms with van der Waals surface area (Å²) in [4.78, 5) is 0. The maximum absolute atomic E-state index is 4.45. The molecule has 0 radical (unpaired) electrons. The second kappa shape index (κ2) is 2.68. The van der Waals surface area contributed by atoms with E-state index in [1.165, 1.54) is 36.0 Å². The Bertz CT molecular complexity index is 338. The second-order valence-corrected chi connectivity index (χ2v) is 7.63. The Morgan fingerprint density at radius 2 is 1.44 bits per heavy atom. The van der Waals surface area contributed by atoms with Crippen LogP contribution in [0.3, 0.4) is 0 Å². The number of hydrogen-bond acceptors (Lipinski definition) is 0. The molecule has 0 aromatic carbocycles. The van der Waals surface area contributed by atoms with E-state index in [1.54, 1.807) is 32.1 Å². The van der Waals surface area contributed by atoms with Crippen LogP contribution in [0.5, 0.6) is 0 Å². The van der Waals surface area contributed by atoms with Crippen molar-refractivity contribution in [2.45, 2.75) is 44.6 Å². The van der Waals surface area contributed by atoms with Crippen LogP contribution in [0, 0.1) is 47.3 Å². The summed E-state index contributed by atoms with van der Waals surface area (Å²) in [5, 5.41) is 0. The van der Waals surface area contributed by atoms with E-state index < -0.39 is 0 Å². The fourth-order valence-corrected chi connectivity index (χ4v) is 7.45. The van der Waals surface area contributed by atoms with E-state index in [-0.39, 0.29) is 0 Å². The normalized spacial score (nSPS) is 69.9. The predicted molar refractivity (Wildman–Crippen MR) is 62.3 cm³/mol. The molecule has 16 heavy (non-hydrogen) atoms. The van der Waals surface area contributed by atoms with Crippen molar-refractivity contribution >= 4 is 0 Å². The maximum Gasteiger partial charge on any atom is 0.0877 e. The Labute approximate surface area is 98.2 Å². The van der Waals surface area contributed by atoms with Crippen LogP contribution in [0.1, 0.15) is 38.5 Å². The summed E-state index contributed by atoms with van der Waals surface area (Å²) in [6, 6.07) is 0.838. The van der Waals surface area contributed by atoms with Crippen LogP contribution in [0.4, 0.5) is 0 Å². The van der Waals surface area contributed by atoms with Crippen LogP contribution in [-0.2, 0) is 0 Å². The van der Waals surface area contributed by atoms with E-state index in [0.29, 0.717) is 0 Å². The Hall–Kier alpha value is -0.0400. The van der Waals surface area contributed by atoms with Crippen LogP contribution in [0.25, 0.3) is 0 Å². The van der Waals surface area contributed by atoms with Gasteiger partial charge in [0.2, 0.25) is 0 Å². The molecule has 1 heteroatoms. The Morgan fingerprint density at radius 3 is 2.25 bits per heavy atom. The lowest BCUT2D eigenvalue weighted by Gasteiger charge is -2.41. The highest BCUT2D eigenvalue weighted by Crippen LogP contribution is 2.72. The van der Waals surface area contributed by atoms with Crippen molar-refractivity contribution in [1.82, 2.24) is 0 Å². The first-order valence-electron chi connectivity index (χ1n) is 7.67. The third-order valence-corrected chi connectivity index (χ3v) is 7.53. The van der Waals surface area contributed by atoms with Crippen molar-refractivity contribution < 1.29 is 5.73 Å². The first-order valence-corrected chi connectivity index (χ1v) is 7.67. The zero-order valence-electron chi connectivity index (χ0n) is 10.1. The summed E-state index contributed by atoms with van der Waals surface area (Å²) in [6.45, 7) is 0. The molecule has 9 atom stereocenters. The highest BCUT2D eigenvalue weighted by Gasteiger charge is 2.68. The molecule has 3 N–H and O–H groups in total. The average molecular weight is 218 g/mol. The summed E-state index contributed by atoms with van der Waals surface area (Å²) in [7, 11) is 0. The van der Waals surface area contributed by atoms with Crippen molar-refractivity contribution in [2.75, 3.05) is 0 Å². The highest BCUT2D eigenvalue weighted by atomic mass is 14.8. The van der Waals surface area contributed by atoms with Gasteiger partial charge in [0.15, 0.2) is 0 Å². The second-order valence-electron chi connectivity index (χ2n) is 7.63. The van der Waals surface area contributed by atoms with Gasteiger partial charge in [-0.3, -0.25) is 0 Å². The molecule has 0 saturated heterocycles. The largest absolute Gasteiger partial charge is 0.355 e. The number of hydrogen-bond donors (Lipinski definition) is 1. The minimum absolute atomic E-state index is 0.838. The molecule has 5 rings (SSSR count). The molecule has 0 aliphatic heterocycles. The van der Waals surface area contributed by atoms with Gasteiger partial charge in [-0.1, -0.05) is 6.42 Å². The van der Waals surface area contributed by atoms with Gasteiger partial charge in [-0.2, -0.15) is 0 Å². The van der Waals surface area contributed by atoms with Crippen molar-refractivity contribution in [2.24, 2.45) is 47.3 Å². The summed E-state index contributed by atoms with van der Waals surface area (Å²) in [5.74, 6) is 9.25. The van der Waals surface area contributed by atoms with Crippen LogP contribution in [0.2, 0.25) is 0 Å². The van der Waals surface area contributed by atoms with Gasteiger partial charge in [0, 0.05) is 12.3 Å². The van der Waals surface area contributed by atoms with E-state index in [2.05, 4.69) is 5.73 Å². The van der Waals surface area contributed by atoms with E-state index >= 15 is 0 Å². The molecule has 5 fully saturated rings. The van der Waals surface area contributed by atoms with E-state index in [0.717, 1.165) is 23.8 Å². The molecule has 9 unspecified atom stereocenters. The van der Waals surface area contributed by atoms with Crippen LogP contribution >= 0.6 is 0 Å². The van der Waals surface area contributed by atoms with Crippen LogP contribution in [-0.4, -0.2) is 6.04 Å². The van der Waals surface area contributed by atoms with E-state index in [9.17, 15) is 0 Å². The SMILES string of the molecule is [NH3+]C1CC2CC1C1C3CC(C4CCCC43)C21. The third kappa shape index (κ3) is 0.805. The number of fused-ring (bicyclic) bond motifs is 12. The fourth-order valence-electron chi connectivity index (χ4n) is 7.45. The van der Waals surface area contributed by atoms with Crippen LogP contribution in [0.15, 0.2) is 0 Å². The fraction of sp³-hybridized carbons (Fsp3) is 1.00. The van der Waals surface area contributed by atoms with Gasteiger partial charge in [0.25, 0.3) is 0 Å². The zero-order chi connectivity index (χ0) is 10.4. The zero-order valence-corrected chi connectivity index (χ0v) is 10.1. The molecule has 0 spiro atoms. The van der Waals surface area contributed by atoms with Crippen LogP contribution < -0.4 is 5.73 Å². The van der Waals surface area contributed by atoms with Gasteiger partial charge < -0.3 is 5.73 Å². The lowest BCUT2D eigenvalue weighted by Crippen LogP contribution is -2.65. The molecule has 4 bridgehead atoms. The summed E-state index contributed by atoms with van der Waals surface area (Å²) in [5.41, 5.74) is 4.45. The molecule has 5 aliphatic carbocycles. The maximum atomic E-state index is 4.45. The van der Waals surface area contributed by atoms with Gasteiger partial charge in [0.05, 0.1) is 6.04 Å². The van der Waals surface area contributed by atoms with Gasteiger partial charge >= 0.3 is 0 Å². The standard InChI is InChI=1S/C15H23N/c16-13-5-7-4-12(13)15-11-6-10(14(7)15)8-2-1-3-9(8)11/h7-15H,1-6,16H2/p+1. The first kappa shape index (κ1) is 8.97. The van der Waals surface area contributed by atoms with Crippen molar-refractivity contribution in [3.8, 4) is 0 Å². The molecular weight excluding hydrogens is 194 g/mol. The summed E-state index contributed by atoms with van der Waals surface area (Å²) in [6.07, 6.45) is 9.46. The Kier molecular flexibility index (Phi) is 1.50. The lowest BCUT2D eigenvalue weighted by molar-refractivity contribution is -0.436. The molecule has 0 aromatic rings. The predicted octanol–water partition coefficient (Wildman–Crippen LogP) is 1.94. The van der Waals surface area contributed by atoms with Crippen molar-refractivity contribution in [3.63, 3.8) is 0 Å². The minimum Gasteiger partial charge on any atom is -0.355 e. The topological polar surface area (TPSA) is 27.6 Å². The minimum atomic E-state index is 0.838. The van der Waals surface area contributed by atoms with Gasteiger partial charge in [-0.15, -0.1) is 0 Å². The molecule has 0 heterocycles. The molecule has 0 amide bonds. The first-order chi connectivity index (χ1) is 7.84. The summed E-state index contributed by atoms with van der Waals surface area (Å²) >= 11 is 0. The highest BCUT2D eigenvalue weighted by molar-refractivity contribution is 5.15. The van der Waals surface area contributed by atoms with Crippen molar-refractivity contribution in [1.29, 1.82) is 0 Å². The number of quaternary nitrogens is 1. The van der Waals surface area contributed by atoms with E-state index in [1.807, 2.05) is 0 Å². The Morgan fingerprint density at radius 1 is 0.688 bits per heavy atom. The van der Waals surface area contributed by atoms with Gasteiger partial charge in [-0.25, -0.2) is 0 Å². The van der Waals surface area contributed by atoms with Gasteiger partial charge in [-0.05, 0) is 67.1 Å². The quantitative estimate of drug-likeness (QED) is 0.602. The lowest BCUT2D eigenvalue weighted by atomic mass is 9.63. The van der Waals surface area contributed by atoms with Gasteiger partial charge in [0.1, 0.15) is 0 Å². The molecule has 0 aromatic heterocycles. The monoisotopic (exact) mass is 218 g/mol. The molecule has 88 valence electrons. The van der Waals surface area contributed by atoms with Crippen molar-refractivity contribution in [3.05, 3.63) is 0 Å². The van der Waals surface area contributed by atoms with E-state index in [4.69, 9.17) is 0 Å². The Balaban J connectivity index is 1.57. The molecular formula is C15H24N+. The molecule has 5 saturated carbocycles. The molecule has 5 aliphatic rings. The smallest absolute Gasteiger partial charge is 0.0877 e. The summed E-state index contributed by atoms with van der Waals surface area (Å²) < 4.78 is 0. The number of rotatable bonds is 0.